The van der Waals surface area contributed by atoms with Crippen LogP contribution in [0.3, 0.4) is 0 Å². The average molecular weight is 279 g/mol. The Bertz CT molecular complexity index is 404. The van der Waals surface area contributed by atoms with E-state index in [-0.39, 0.29) is 12.0 Å². The standard InChI is InChI=1S/C15H25N3O2/c1-5-8-16-13-6-7-14(17-11-13)15(19)18(4)9-10-20-12(2)3/h6-7,11-12,16H,5,8-10H2,1-4H3. The second kappa shape index (κ2) is 8.53. The quantitative estimate of drug-likeness (QED) is 0.794. The van der Waals surface area contributed by atoms with Crippen molar-refractivity contribution < 1.29 is 9.53 Å². The maximum atomic E-state index is 12.1. The molecule has 1 aromatic heterocycles. The summed E-state index contributed by atoms with van der Waals surface area (Å²) >= 11 is 0. The summed E-state index contributed by atoms with van der Waals surface area (Å²) in [6.07, 6.45) is 2.93. The predicted octanol–water partition coefficient (Wildman–Crippen LogP) is 2.40. The number of anilines is 1. The molecule has 1 amide bonds. The van der Waals surface area contributed by atoms with Gasteiger partial charge in [0.1, 0.15) is 5.69 Å². The molecule has 0 spiro atoms. The molecule has 1 heterocycles. The van der Waals surface area contributed by atoms with Crippen LogP contribution in [0.4, 0.5) is 5.69 Å². The second-order valence-corrected chi connectivity index (χ2v) is 5.01. The van der Waals surface area contributed by atoms with E-state index >= 15 is 0 Å². The molecular formula is C15H25N3O2. The number of carbonyl (C=O) groups is 1. The third-order valence-corrected chi connectivity index (χ3v) is 2.79. The van der Waals surface area contributed by atoms with Crippen LogP contribution in [-0.2, 0) is 4.74 Å². The fraction of sp³-hybridized carbons (Fsp3) is 0.600. The van der Waals surface area contributed by atoms with Gasteiger partial charge in [-0.3, -0.25) is 4.79 Å². The summed E-state index contributed by atoms with van der Waals surface area (Å²) in [7, 11) is 1.76. The van der Waals surface area contributed by atoms with Crippen molar-refractivity contribution in [3.63, 3.8) is 0 Å². The molecule has 1 rings (SSSR count). The number of carbonyl (C=O) groups excluding carboxylic acids is 1. The Balaban J connectivity index is 2.49. The van der Waals surface area contributed by atoms with Crippen LogP contribution in [0.1, 0.15) is 37.7 Å². The number of hydrogen-bond donors (Lipinski definition) is 1. The van der Waals surface area contributed by atoms with Crippen molar-refractivity contribution in [2.75, 3.05) is 32.1 Å². The molecule has 0 saturated heterocycles. The first-order chi connectivity index (χ1) is 9.54. The fourth-order valence-electron chi connectivity index (χ4n) is 1.62. The highest BCUT2D eigenvalue weighted by Gasteiger charge is 2.12. The second-order valence-electron chi connectivity index (χ2n) is 5.01. The van der Waals surface area contributed by atoms with Crippen LogP contribution < -0.4 is 5.32 Å². The van der Waals surface area contributed by atoms with Crippen LogP contribution in [0.5, 0.6) is 0 Å². The van der Waals surface area contributed by atoms with Crippen molar-refractivity contribution in [3.05, 3.63) is 24.0 Å². The molecule has 112 valence electrons. The first-order valence-corrected chi connectivity index (χ1v) is 7.11. The molecule has 0 radical (unpaired) electrons. The minimum atomic E-state index is -0.0839. The lowest BCUT2D eigenvalue weighted by atomic mass is 10.3. The Morgan fingerprint density at radius 2 is 2.20 bits per heavy atom. The number of rotatable bonds is 8. The predicted molar refractivity (Wildman–Crippen MR) is 81.1 cm³/mol. The summed E-state index contributed by atoms with van der Waals surface area (Å²) in [4.78, 5) is 18.0. The third-order valence-electron chi connectivity index (χ3n) is 2.79. The molecule has 0 fully saturated rings. The Labute approximate surface area is 121 Å². The highest BCUT2D eigenvalue weighted by Crippen LogP contribution is 2.08. The van der Waals surface area contributed by atoms with Gasteiger partial charge in [0.05, 0.1) is 24.6 Å². The van der Waals surface area contributed by atoms with Crippen LogP contribution >= 0.6 is 0 Å². The normalized spacial score (nSPS) is 10.7. The van der Waals surface area contributed by atoms with Crippen molar-refractivity contribution in [1.82, 2.24) is 9.88 Å². The van der Waals surface area contributed by atoms with Crippen LogP contribution in [0.15, 0.2) is 18.3 Å². The number of pyridine rings is 1. The molecule has 0 atom stereocenters. The molecule has 0 saturated carbocycles. The minimum Gasteiger partial charge on any atom is -0.384 e. The molecule has 0 bridgehead atoms. The van der Waals surface area contributed by atoms with Gasteiger partial charge in [-0.05, 0) is 32.4 Å². The number of nitrogens with one attached hydrogen (secondary N) is 1. The van der Waals surface area contributed by atoms with E-state index in [0.717, 1.165) is 18.7 Å². The zero-order valence-corrected chi connectivity index (χ0v) is 12.8. The van der Waals surface area contributed by atoms with E-state index in [9.17, 15) is 4.79 Å². The minimum absolute atomic E-state index is 0.0839. The number of likely N-dealkylation sites (N-methyl/N-ethyl adjacent to an activating group) is 1. The molecule has 1 aromatic rings. The van der Waals surface area contributed by atoms with Gasteiger partial charge in [-0.25, -0.2) is 4.98 Å². The Morgan fingerprint density at radius 1 is 1.45 bits per heavy atom. The van der Waals surface area contributed by atoms with Gasteiger partial charge in [0.2, 0.25) is 0 Å². The van der Waals surface area contributed by atoms with Crippen LogP contribution in [-0.4, -0.2) is 48.6 Å². The smallest absolute Gasteiger partial charge is 0.272 e. The maximum Gasteiger partial charge on any atom is 0.272 e. The molecule has 0 aliphatic carbocycles. The van der Waals surface area contributed by atoms with Crippen molar-refractivity contribution in [2.24, 2.45) is 0 Å². The van der Waals surface area contributed by atoms with Crippen LogP contribution in [0.25, 0.3) is 0 Å². The lowest BCUT2D eigenvalue weighted by molar-refractivity contribution is 0.0529. The van der Waals surface area contributed by atoms with E-state index in [1.54, 1.807) is 24.2 Å². The molecule has 1 N–H and O–H groups in total. The number of ether oxygens (including phenoxy) is 1. The lowest BCUT2D eigenvalue weighted by Gasteiger charge is -2.17. The zero-order valence-electron chi connectivity index (χ0n) is 12.8. The number of amides is 1. The van der Waals surface area contributed by atoms with Gasteiger partial charge in [-0.1, -0.05) is 6.92 Å². The van der Waals surface area contributed by atoms with Gasteiger partial charge in [0, 0.05) is 20.1 Å². The van der Waals surface area contributed by atoms with E-state index in [4.69, 9.17) is 4.74 Å². The Kier molecular flexibility index (Phi) is 7.01. The van der Waals surface area contributed by atoms with Crippen LogP contribution in [0.2, 0.25) is 0 Å². The van der Waals surface area contributed by atoms with E-state index in [0.29, 0.717) is 18.8 Å². The van der Waals surface area contributed by atoms with Gasteiger partial charge in [-0.2, -0.15) is 0 Å². The number of nitrogens with zero attached hydrogens (tertiary/aromatic N) is 2. The van der Waals surface area contributed by atoms with Crippen LogP contribution in [0, 0.1) is 0 Å². The SMILES string of the molecule is CCCNc1ccc(C(=O)N(C)CCOC(C)C)nc1. The average Bonchev–Trinajstić information content (AvgIpc) is 2.44. The van der Waals surface area contributed by atoms with Crippen molar-refractivity contribution in [1.29, 1.82) is 0 Å². The number of aromatic nitrogens is 1. The molecule has 5 nitrogen and oxygen atoms in total. The maximum absolute atomic E-state index is 12.1. The molecule has 20 heavy (non-hydrogen) atoms. The van der Waals surface area contributed by atoms with E-state index in [1.165, 1.54) is 0 Å². The summed E-state index contributed by atoms with van der Waals surface area (Å²) in [6, 6.07) is 3.63. The van der Waals surface area contributed by atoms with Gasteiger partial charge in [0.25, 0.3) is 5.91 Å². The Hall–Kier alpha value is -1.62. The third kappa shape index (κ3) is 5.57. The molecule has 0 aliphatic heterocycles. The largest absolute Gasteiger partial charge is 0.384 e. The highest BCUT2D eigenvalue weighted by atomic mass is 16.5. The van der Waals surface area contributed by atoms with Gasteiger partial charge >= 0.3 is 0 Å². The summed E-state index contributed by atoms with van der Waals surface area (Å²) < 4.78 is 5.44. The zero-order chi connectivity index (χ0) is 15.0. The van der Waals surface area contributed by atoms with E-state index in [1.807, 2.05) is 19.9 Å². The summed E-state index contributed by atoms with van der Waals surface area (Å²) in [5.74, 6) is -0.0839. The highest BCUT2D eigenvalue weighted by molar-refractivity contribution is 5.92. The van der Waals surface area contributed by atoms with Crippen molar-refractivity contribution >= 4 is 11.6 Å². The van der Waals surface area contributed by atoms with E-state index in [2.05, 4.69) is 17.2 Å². The topological polar surface area (TPSA) is 54.5 Å². The fourth-order valence-corrected chi connectivity index (χ4v) is 1.62. The summed E-state index contributed by atoms with van der Waals surface area (Å²) in [5, 5.41) is 3.23. The number of hydrogen-bond acceptors (Lipinski definition) is 4. The van der Waals surface area contributed by atoms with Gasteiger partial charge in [0.15, 0.2) is 0 Å². The molecular weight excluding hydrogens is 254 g/mol. The monoisotopic (exact) mass is 279 g/mol. The van der Waals surface area contributed by atoms with Gasteiger partial charge < -0.3 is 15.0 Å². The van der Waals surface area contributed by atoms with Gasteiger partial charge in [-0.15, -0.1) is 0 Å². The lowest BCUT2D eigenvalue weighted by Crippen LogP contribution is -2.31. The van der Waals surface area contributed by atoms with Crippen molar-refractivity contribution in [2.45, 2.75) is 33.3 Å². The first-order valence-electron chi connectivity index (χ1n) is 7.11. The Morgan fingerprint density at radius 3 is 2.75 bits per heavy atom. The van der Waals surface area contributed by atoms with Crippen molar-refractivity contribution in [3.8, 4) is 0 Å². The molecule has 0 aliphatic rings. The molecule has 0 aromatic carbocycles. The summed E-state index contributed by atoms with van der Waals surface area (Å²) in [6.45, 7) is 8.06. The van der Waals surface area contributed by atoms with E-state index < -0.39 is 0 Å². The summed E-state index contributed by atoms with van der Waals surface area (Å²) in [5.41, 5.74) is 1.40. The molecule has 5 heteroatoms. The molecule has 0 unspecified atom stereocenters. The first kappa shape index (κ1) is 16.4.